The number of hydrogen-bond acceptors (Lipinski definition) is 5. The minimum absolute atomic E-state index is 0.0707. The third kappa shape index (κ3) is 4.79. The average Bonchev–Trinajstić information content (AvgIpc) is 2.55. The van der Waals surface area contributed by atoms with Crippen LogP contribution in [-0.4, -0.2) is 23.3 Å². The molecular formula is C16H16N2O3. The van der Waals surface area contributed by atoms with Crippen LogP contribution in [0.2, 0.25) is 0 Å². The molecule has 5 heteroatoms. The van der Waals surface area contributed by atoms with Crippen molar-refractivity contribution in [3.63, 3.8) is 0 Å². The fraction of sp³-hybridized carbons (Fsp3) is 0.250. The fourth-order valence-electron chi connectivity index (χ4n) is 1.65. The number of nitriles is 1. The highest BCUT2D eigenvalue weighted by Crippen LogP contribution is 2.12. The van der Waals surface area contributed by atoms with Gasteiger partial charge in [0.1, 0.15) is 11.5 Å². The Morgan fingerprint density at radius 3 is 2.24 bits per heavy atom. The number of nitrogens with zero attached hydrogens (tertiary/aromatic N) is 2. The number of pyridine rings is 1. The summed E-state index contributed by atoms with van der Waals surface area (Å²) >= 11 is 0. The number of aliphatic hydroxyl groups excluding tert-OH is 1. The minimum Gasteiger partial charge on any atom is -0.493 e. The van der Waals surface area contributed by atoms with Gasteiger partial charge >= 0.3 is 0 Å². The van der Waals surface area contributed by atoms with Crippen LogP contribution in [0.1, 0.15) is 17.7 Å². The van der Waals surface area contributed by atoms with Crippen molar-refractivity contribution in [3.05, 3.63) is 53.9 Å². The lowest BCUT2D eigenvalue weighted by molar-refractivity contribution is 0.246. The number of aromatic nitrogens is 1. The third-order valence-electron chi connectivity index (χ3n) is 2.77. The molecule has 0 fully saturated rings. The highest BCUT2D eigenvalue weighted by molar-refractivity contribution is 5.34. The van der Waals surface area contributed by atoms with Gasteiger partial charge in [-0.3, -0.25) is 4.98 Å². The smallest absolute Gasteiger partial charge is 0.137 e. The normalized spacial score (nSPS) is 9.90. The Kier molecular flexibility index (Phi) is 5.56. The van der Waals surface area contributed by atoms with E-state index in [0.717, 1.165) is 12.2 Å². The zero-order valence-corrected chi connectivity index (χ0v) is 11.5. The van der Waals surface area contributed by atoms with Gasteiger partial charge in [-0.1, -0.05) is 0 Å². The molecule has 0 unspecified atom stereocenters. The van der Waals surface area contributed by atoms with Crippen molar-refractivity contribution in [2.45, 2.75) is 13.0 Å². The topological polar surface area (TPSA) is 75.4 Å². The van der Waals surface area contributed by atoms with Crippen LogP contribution in [0.25, 0.3) is 0 Å². The lowest BCUT2D eigenvalue weighted by Gasteiger charge is -2.08. The van der Waals surface area contributed by atoms with E-state index in [0.29, 0.717) is 30.2 Å². The summed E-state index contributed by atoms with van der Waals surface area (Å²) in [5, 5.41) is 17.6. The van der Waals surface area contributed by atoms with Gasteiger partial charge in [-0.05, 0) is 36.4 Å². The van der Waals surface area contributed by atoms with E-state index in [9.17, 15) is 0 Å². The molecule has 0 bridgehead atoms. The van der Waals surface area contributed by atoms with Gasteiger partial charge < -0.3 is 14.6 Å². The quantitative estimate of drug-likeness (QED) is 0.789. The summed E-state index contributed by atoms with van der Waals surface area (Å²) in [5.74, 6) is 1.41. The monoisotopic (exact) mass is 284 g/mol. The first kappa shape index (κ1) is 14.8. The van der Waals surface area contributed by atoms with Gasteiger partial charge in [0.25, 0.3) is 0 Å². The van der Waals surface area contributed by atoms with Gasteiger partial charge in [-0.25, -0.2) is 0 Å². The van der Waals surface area contributed by atoms with E-state index in [4.69, 9.17) is 19.8 Å². The Labute approximate surface area is 123 Å². The Bertz CT molecular complexity index is 588. The van der Waals surface area contributed by atoms with Gasteiger partial charge in [-0.15, -0.1) is 0 Å². The molecule has 108 valence electrons. The summed E-state index contributed by atoms with van der Waals surface area (Å²) in [7, 11) is 0. The molecule has 0 aliphatic heterocycles. The highest BCUT2D eigenvalue weighted by Gasteiger charge is 1.98. The minimum atomic E-state index is -0.0707. The molecule has 2 rings (SSSR count). The van der Waals surface area contributed by atoms with Gasteiger partial charge in [0, 0.05) is 6.42 Å². The van der Waals surface area contributed by atoms with Gasteiger partial charge in [0.05, 0.1) is 43.3 Å². The zero-order valence-electron chi connectivity index (χ0n) is 11.5. The molecule has 1 N–H and O–H groups in total. The second-order valence-electron chi connectivity index (χ2n) is 4.33. The maximum absolute atomic E-state index is 8.88. The summed E-state index contributed by atoms with van der Waals surface area (Å²) < 4.78 is 11.1. The molecule has 0 spiro atoms. The number of benzene rings is 1. The van der Waals surface area contributed by atoms with E-state index in [1.807, 2.05) is 0 Å². The maximum atomic E-state index is 8.88. The zero-order chi connectivity index (χ0) is 14.9. The molecule has 21 heavy (non-hydrogen) atoms. The van der Waals surface area contributed by atoms with Crippen molar-refractivity contribution in [1.82, 2.24) is 4.98 Å². The van der Waals surface area contributed by atoms with Crippen molar-refractivity contribution in [2.75, 3.05) is 13.2 Å². The Morgan fingerprint density at radius 2 is 1.67 bits per heavy atom. The van der Waals surface area contributed by atoms with Crippen LogP contribution in [0.4, 0.5) is 0 Å². The first-order valence-corrected chi connectivity index (χ1v) is 6.63. The molecule has 1 aromatic carbocycles. The van der Waals surface area contributed by atoms with Crippen molar-refractivity contribution >= 4 is 0 Å². The number of hydrogen-bond donors (Lipinski definition) is 1. The van der Waals surface area contributed by atoms with Crippen molar-refractivity contribution in [3.8, 4) is 17.6 Å². The van der Waals surface area contributed by atoms with Crippen LogP contribution in [0.3, 0.4) is 0 Å². The second-order valence-corrected chi connectivity index (χ2v) is 4.33. The molecule has 1 aromatic heterocycles. The first-order valence-electron chi connectivity index (χ1n) is 6.63. The van der Waals surface area contributed by atoms with Crippen LogP contribution in [0.15, 0.2) is 42.6 Å². The van der Waals surface area contributed by atoms with E-state index in [-0.39, 0.29) is 6.61 Å². The van der Waals surface area contributed by atoms with Crippen LogP contribution in [0.5, 0.6) is 11.5 Å². The largest absolute Gasteiger partial charge is 0.493 e. The summed E-state index contributed by atoms with van der Waals surface area (Å²) in [4.78, 5) is 4.03. The van der Waals surface area contributed by atoms with Crippen LogP contribution in [0, 0.1) is 11.3 Å². The second kappa shape index (κ2) is 7.88. The van der Waals surface area contributed by atoms with E-state index in [1.54, 1.807) is 42.6 Å². The van der Waals surface area contributed by atoms with Crippen molar-refractivity contribution < 1.29 is 14.6 Å². The fourth-order valence-corrected chi connectivity index (χ4v) is 1.65. The summed E-state index contributed by atoms with van der Waals surface area (Å²) in [6.45, 7) is 0.989. The molecule has 0 saturated carbocycles. The van der Waals surface area contributed by atoms with Gasteiger partial charge in [-0.2, -0.15) is 5.26 Å². The number of aliphatic hydroxyl groups is 1. The third-order valence-corrected chi connectivity index (χ3v) is 2.77. The maximum Gasteiger partial charge on any atom is 0.137 e. The lowest BCUT2D eigenvalue weighted by atomic mass is 10.2. The predicted molar refractivity (Wildman–Crippen MR) is 76.9 cm³/mol. The lowest BCUT2D eigenvalue weighted by Crippen LogP contribution is -2.05. The molecular weight excluding hydrogens is 268 g/mol. The molecule has 0 amide bonds. The first-order chi connectivity index (χ1) is 10.3. The average molecular weight is 284 g/mol. The molecule has 0 aliphatic carbocycles. The van der Waals surface area contributed by atoms with E-state index in [1.165, 1.54) is 0 Å². The Morgan fingerprint density at radius 1 is 1.00 bits per heavy atom. The van der Waals surface area contributed by atoms with E-state index < -0.39 is 0 Å². The predicted octanol–water partition coefficient (Wildman–Crippen LogP) is 2.29. The molecule has 0 radical (unpaired) electrons. The summed E-state index contributed by atoms with van der Waals surface area (Å²) in [6, 6.07) is 12.6. The van der Waals surface area contributed by atoms with E-state index >= 15 is 0 Å². The Hall–Kier alpha value is -2.58. The number of ether oxygens (including phenoxy) is 2. The molecule has 0 saturated heterocycles. The van der Waals surface area contributed by atoms with E-state index in [2.05, 4.69) is 11.1 Å². The van der Waals surface area contributed by atoms with Gasteiger partial charge in [0.15, 0.2) is 0 Å². The van der Waals surface area contributed by atoms with Crippen molar-refractivity contribution in [1.29, 1.82) is 5.26 Å². The molecule has 2 aromatic rings. The molecule has 0 atom stereocenters. The standard InChI is InChI=1S/C16H16N2O3/c17-10-13-2-5-15(6-3-13)20-8-1-9-21-16-7-4-14(12-19)18-11-16/h2-7,11,19H,1,8-9,12H2. The SMILES string of the molecule is N#Cc1ccc(OCCCOc2ccc(CO)nc2)cc1. The molecule has 0 aliphatic rings. The van der Waals surface area contributed by atoms with Crippen LogP contribution in [-0.2, 0) is 6.61 Å². The van der Waals surface area contributed by atoms with Gasteiger partial charge in [0.2, 0.25) is 0 Å². The van der Waals surface area contributed by atoms with Crippen LogP contribution >= 0.6 is 0 Å². The molecule has 5 nitrogen and oxygen atoms in total. The molecule has 1 heterocycles. The number of rotatable bonds is 7. The highest BCUT2D eigenvalue weighted by atomic mass is 16.5. The van der Waals surface area contributed by atoms with Crippen LogP contribution < -0.4 is 9.47 Å². The van der Waals surface area contributed by atoms with Crippen molar-refractivity contribution in [2.24, 2.45) is 0 Å². The summed E-state index contributed by atoms with van der Waals surface area (Å²) in [6.07, 6.45) is 2.33. The Balaban J connectivity index is 1.66. The summed E-state index contributed by atoms with van der Waals surface area (Å²) in [5.41, 5.74) is 1.23.